The number of aliphatic carboxylic acids is 1. The Morgan fingerprint density at radius 3 is 2.52 bits per heavy atom. The minimum absolute atomic E-state index is 0.195. The average molecular weight is 323 g/mol. The van der Waals surface area contributed by atoms with Crippen molar-refractivity contribution in [2.75, 3.05) is 0 Å². The van der Waals surface area contributed by atoms with Gasteiger partial charge in [-0.2, -0.15) is 0 Å². The summed E-state index contributed by atoms with van der Waals surface area (Å²) in [6.45, 7) is 1.90. The molecule has 1 N–H and O–H groups in total. The zero-order chi connectivity index (χ0) is 15.4. The van der Waals surface area contributed by atoms with Crippen molar-refractivity contribution in [3.05, 3.63) is 69.4 Å². The molecule has 2 aromatic rings. The molecule has 0 fully saturated rings. The smallest absolute Gasteiger partial charge is 0.371 e. The maximum atomic E-state index is 11.3. The van der Waals surface area contributed by atoms with Gasteiger partial charge in [-0.1, -0.05) is 41.4 Å². The van der Waals surface area contributed by atoms with E-state index in [1.165, 1.54) is 6.08 Å². The molecular weight excluding hydrogens is 311 g/mol. The molecule has 0 bridgehead atoms. The second-order valence-corrected chi connectivity index (χ2v) is 5.22. The lowest BCUT2D eigenvalue weighted by molar-refractivity contribution is -0.134. The lowest BCUT2D eigenvalue weighted by Gasteiger charge is -2.07. The Morgan fingerprint density at radius 1 is 1.14 bits per heavy atom. The quantitative estimate of drug-likeness (QED) is 0.649. The summed E-state index contributed by atoms with van der Waals surface area (Å²) in [6, 6.07) is 12.0. The second-order valence-electron chi connectivity index (χ2n) is 4.41. The van der Waals surface area contributed by atoms with Crippen LogP contribution in [0.25, 0.3) is 6.08 Å². The zero-order valence-corrected chi connectivity index (χ0v) is 12.7. The van der Waals surface area contributed by atoms with Gasteiger partial charge in [0.1, 0.15) is 5.75 Å². The standard InChI is InChI=1S/C16H12Cl2O3/c1-10-3-2-4-12(7-10)21-15(16(19)20)9-11-5-6-13(17)14(18)8-11/h2-9H,1H3,(H,19,20)/b15-9-. The van der Waals surface area contributed by atoms with Crippen molar-refractivity contribution in [1.29, 1.82) is 0 Å². The highest BCUT2D eigenvalue weighted by molar-refractivity contribution is 6.42. The number of hydrogen-bond acceptors (Lipinski definition) is 2. The molecule has 0 saturated carbocycles. The van der Waals surface area contributed by atoms with E-state index in [1.807, 2.05) is 13.0 Å². The summed E-state index contributed by atoms with van der Waals surface area (Å²) in [5, 5.41) is 10.00. The highest BCUT2D eigenvalue weighted by atomic mass is 35.5. The Labute approximate surface area is 132 Å². The third-order valence-corrected chi connectivity index (χ3v) is 3.41. The van der Waals surface area contributed by atoms with E-state index in [1.54, 1.807) is 36.4 Å². The Kier molecular flexibility index (Phi) is 4.89. The maximum absolute atomic E-state index is 11.3. The van der Waals surface area contributed by atoms with Crippen LogP contribution in [0.3, 0.4) is 0 Å². The molecule has 0 aliphatic rings. The number of carboxylic acids is 1. The molecule has 0 radical (unpaired) electrons. The molecule has 2 rings (SSSR count). The van der Waals surface area contributed by atoms with Crippen LogP contribution < -0.4 is 4.74 Å². The van der Waals surface area contributed by atoms with Crippen LogP contribution in [0, 0.1) is 6.92 Å². The monoisotopic (exact) mass is 322 g/mol. The van der Waals surface area contributed by atoms with E-state index in [0.717, 1.165) is 5.56 Å². The highest BCUT2D eigenvalue weighted by Crippen LogP contribution is 2.24. The van der Waals surface area contributed by atoms with Crippen molar-refractivity contribution in [2.24, 2.45) is 0 Å². The van der Waals surface area contributed by atoms with Gasteiger partial charge in [-0.25, -0.2) is 4.79 Å². The number of rotatable bonds is 4. The van der Waals surface area contributed by atoms with Crippen molar-refractivity contribution in [2.45, 2.75) is 6.92 Å². The molecule has 0 aromatic heterocycles. The number of carboxylic acid groups (broad SMARTS) is 1. The summed E-state index contributed by atoms with van der Waals surface area (Å²) < 4.78 is 5.42. The first kappa shape index (κ1) is 15.4. The van der Waals surface area contributed by atoms with Gasteiger partial charge in [0.15, 0.2) is 0 Å². The SMILES string of the molecule is Cc1cccc(O/C(=C\c2ccc(Cl)c(Cl)c2)C(=O)O)c1. The van der Waals surface area contributed by atoms with Gasteiger partial charge in [-0.3, -0.25) is 0 Å². The lowest BCUT2D eigenvalue weighted by atomic mass is 10.2. The summed E-state index contributed by atoms with van der Waals surface area (Å²) >= 11 is 11.7. The largest absolute Gasteiger partial charge is 0.475 e. The Balaban J connectivity index is 2.32. The third kappa shape index (κ3) is 4.25. The van der Waals surface area contributed by atoms with Crippen molar-refractivity contribution in [3.8, 4) is 5.75 Å². The minimum Gasteiger partial charge on any atom is -0.475 e. The molecule has 0 aliphatic heterocycles. The van der Waals surface area contributed by atoms with Crippen LogP contribution in [-0.2, 0) is 4.79 Å². The van der Waals surface area contributed by atoms with Gasteiger partial charge in [0, 0.05) is 0 Å². The maximum Gasteiger partial charge on any atom is 0.371 e. The minimum atomic E-state index is -1.16. The molecular formula is C16H12Cl2O3. The summed E-state index contributed by atoms with van der Waals surface area (Å²) in [7, 11) is 0. The molecule has 0 aliphatic carbocycles. The Bertz CT molecular complexity index is 708. The third-order valence-electron chi connectivity index (χ3n) is 2.67. The number of hydrogen-bond donors (Lipinski definition) is 1. The van der Waals surface area contributed by atoms with Gasteiger partial charge < -0.3 is 9.84 Å². The van der Waals surface area contributed by atoms with Crippen LogP contribution in [0.1, 0.15) is 11.1 Å². The van der Waals surface area contributed by atoms with Gasteiger partial charge in [0.05, 0.1) is 10.0 Å². The predicted molar refractivity (Wildman–Crippen MR) is 83.9 cm³/mol. The first-order chi connectivity index (χ1) is 9.95. The van der Waals surface area contributed by atoms with Crippen LogP contribution in [0.15, 0.2) is 48.2 Å². The van der Waals surface area contributed by atoms with Crippen LogP contribution in [0.2, 0.25) is 10.0 Å². The first-order valence-electron chi connectivity index (χ1n) is 6.10. The fraction of sp³-hybridized carbons (Fsp3) is 0.0625. The van der Waals surface area contributed by atoms with E-state index in [9.17, 15) is 9.90 Å². The number of carbonyl (C=O) groups is 1. The molecule has 21 heavy (non-hydrogen) atoms. The van der Waals surface area contributed by atoms with Crippen LogP contribution in [-0.4, -0.2) is 11.1 Å². The van der Waals surface area contributed by atoms with Crippen molar-refractivity contribution >= 4 is 35.2 Å². The molecule has 0 amide bonds. The van der Waals surface area contributed by atoms with E-state index in [2.05, 4.69) is 0 Å². The normalized spacial score (nSPS) is 11.3. The topological polar surface area (TPSA) is 46.5 Å². The molecule has 5 heteroatoms. The molecule has 2 aromatic carbocycles. The van der Waals surface area contributed by atoms with Gasteiger partial charge in [-0.05, 0) is 48.4 Å². The summed E-state index contributed by atoms with van der Waals surface area (Å²) in [4.78, 5) is 11.3. The molecule has 0 unspecified atom stereocenters. The van der Waals surface area contributed by atoms with E-state index in [4.69, 9.17) is 27.9 Å². The fourth-order valence-electron chi connectivity index (χ4n) is 1.69. The van der Waals surface area contributed by atoms with E-state index < -0.39 is 5.97 Å². The Hall–Kier alpha value is -1.97. The van der Waals surface area contributed by atoms with E-state index in [-0.39, 0.29) is 5.76 Å². The van der Waals surface area contributed by atoms with Crippen LogP contribution in [0.4, 0.5) is 0 Å². The number of aryl methyl sites for hydroxylation is 1. The van der Waals surface area contributed by atoms with Gasteiger partial charge in [-0.15, -0.1) is 0 Å². The van der Waals surface area contributed by atoms with Crippen LogP contribution in [0.5, 0.6) is 5.75 Å². The summed E-state index contributed by atoms with van der Waals surface area (Å²) in [6.07, 6.45) is 1.40. The number of ether oxygens (including phenoxy) is 1. The van der Waals surface area contributed by atoms with Gasteiger partial charge in [0.25, 0.3) is 0 Å². The first-order valence-corrected chi connectivity index (χ1v) is 6.86. The Morgan fingerprint density at radius 2 is 1.90 bits per heavy atom. The van der Waals surface area contributed by atoms with Gasteiger partial charge in [0.2, 0.25) is 5.76 Å². The molecule has 0 heterocycles. The van der Waals surface area contributed by atoms with Crippen molar-refractivity contribution < 1.29 is 14.6 Å². The molecule has 108 valence electrons. The zero-order valence-electron chi connectivity index (χ0n) is 11.1. The second kappa shape index (κ2) is 6.66. The van der Waals surface area contributed by atoms with E-state index in [0.29, 0.717) is 21.4 Å². The summed E-state index contributed by atoms with van der Waals surface area (Å²) in [5.74, 6) is -0.898. The molecule has 0 atom stereocenters. The number of halogens is 2. The van der Waals surface area contributed by atoms with Crippen LogP contribution >= 0.6 is 23.2 Å². The molecule has 0 saturated heterocycles. The predicted octanol–water partition coefficient (Wildman–Crippen LogP) is 4.81. The van der Waals surface area contributed by atoms with Crippen molar-refractivity contribution in [3.63, 3.8) is 0 Å². The summed E-state index contributed by atoms with van der Waals surface area (Å²) in [5.41, 5.74) is 1.57. The molecule has 0 spiro atoms. The fourth-order valence-corrected chi connectivity index (χ4v) is 2.00. The molecule has 3 nitrogen and oxygen atoms in total. The van der Waals surface area contributed by atoms with Gasteiger partial charge >= 0.3 is 5.97 Å². The average Bonchev–Trinajstić information content (AvgIpc) is 2.42. The highest BCUT2D eigenvalue weighted by Gasteiger charge is 2.11. The lowest BCUT2D eigenvalue weighted by Crippen LogP contribution is -2.07. The number of benzene rings is 2. The van der Waals surface area contributed by atoms with E-state index >= 15 is 0 Å². The van der Waals surface area contributed by atoms with Crippen molar-refractivity contribution in [1.82, 2.24) is 0 Å².